The fraction of sp³-hybridized carbons (Fsp3) is 0.500. The minimum atomic E-state index is 0.197. The third-order valence-corrected chi connectivity index (χ3v) is 4.63. The van der Waals surface area contributed by atoms with Crippen molar-refractivity contribution in [3.05, 3.63) is 28.5 Å². The molecule has 2 aromatic heterocycles. The highest BCUT2D eigenvalue weighted by atomic mass is 32.1. The van der Waals surface area contributed by atoms with Crippen molar-refractivity contribution in [3.63, 3.8) is 0 Å². The highest BCUT2D eigenvalue weighted by Gasteiger charge is 2.21. The van der Waals surface area contributed by atoms with Crippen LogP contribution in [-0.4, -0.2) is 21.3 Å². The number of hydrogen-bond acceptors (Lipinski definition) is 3. The summed E-state index contributed by atoms with van der Waals surface area (Å²) in [6.07, 6.45) is 4.24. The number of rotatable bonds is 3. The Hall–Kier alpha value is -1.13. The van der Waals surface area contributed by atoms with Crippen molar-refractivity contribution in [1.29, 1.82) is 0 Å². The van der Waals surface area contributed by atoms with Crippen LogP contribution in [0.3, 0.4) is 0 Å². The van der Waals surface area contributed by atoms with Gasteiger partial charge in [-0.1, -0.05) is 0 Å². The summed E-state index contributed by atoms with van der Waals surface area (Å²) in [5.41, 5.74) is 3.61. The molecule has 0 aliphatic carbocycles. The Morgan fingerprint density at radius 3 is 3.06 bits per heavy atom. The Labute approximate surface area is 111 Å². The van der Waals surface area contributed by atoms with E-state index in [2.05, 4.69) is 22.9 Å². The first kappa shape index (κ1) is 11.9. The number of nitrogens with zero attached hydrogens (tertiary/aromatic N) is 2. The van der Waals surface area contributed by atoms with E-state index in [-0.39, 0.29) is 6.61 Å². The van der Waals surface area contributed by atoms with E-state index in [0.29, 0.717) is 6.42 Å². The van der Waals surface area contributed by atoms with E-state index >= 15 is 0 Å². The standard InChI is InChI=1S/C14H18N2OS/c1-10-6-9-18-14(10)13-11(5-8-17)16-7-3-2-4-12(16)15-13/h6,9,17H,2-5,7-8H2,1H3. The minimum absolute atomic E-state index is 0.197. The molecular weight excluding hydrogens is 244 g/mol. The van der Waals surface area contributed by atoms with Crippen molar-refractivity contribution in [3.8, 4) is 10.6 Å². The normalized spacial score (nSPS) is 14.8. The molecule has 3 rings (SSSR count). The molecule has 18 heavy (non-hydrogen) atoms. The Bertz CT molecular complexity index is 556. The Morgan fingerprint density at radius 1 is 1.44 bits per heavy atom. The zero-order valence-electron chi connectivity index (χ0n) is 10.6. The molecule has 4 heteroatoms. The van der Waals surface area contributed by atoms with Gasteiger partial charge in [0.05, 0.1) is 4.88 Å². The predicted molar refractivity (Wildman–Crippen MR) is 74.0 cm³/mol. The molecule has 0 radical (unpaired) electrons. The lowest BCUT2D eigenvalue weighted by molar-refractivity contribution is 0.295. The average molecular weight is 262 g/mol. The van der Waals surface area contributed by atoms with Gasteiger partial charge in [-0.05, 0) is 36.8 Å². The zero-order valence-corrected chi connectivity index (χ0v) is 11.5. The van der Waals surface area contributed by atoms with Crippen molar-refractivity contribution < 1.29 is 5.11 Å². The summed E-state index contributed by atoms with van der Waals surface area (Å²) in [5, 5.41) is 11.4. The lowest BCUT2D eigenvalue weighted by Crippen LogP contribution is -2.13. The number of hydrogen-bond donors (Lipinski definition) is 1. The van der Waals surface area contributed by atoms with Gasteiger partial charge < -0.3 is 9.67 Å². The van der Waals surface area contributed by atoms with E-state index in [9.17, 15) is 5.11 Å². The molecule has 0 aromatic carbocycles. The molecule has 0 spiro atoms. The SMILES string of the molecule is Cc1ccsc1-c1nc2n(c1CCO)CCCC2. The molecule has 0 amide bonds. The first-order chi connectivity index (χ1) is 8.81. The number of aromatic nitrogens is 2. The molecule has 0 bridgehead atoms. The van der Waals surface area contributed by atoms with Gasteiger partial charge in [0.2, 0.25) is 0 Å². The van der Waals surface area contributed by atoms with Crippen molar-refractivity contribution in [2.75, 3.05) is 6.61 Å². The molecular formula is C14H18N2OS. The van der Waals surface area contributed by atoms with Gasteiger partial charge in [0.1, 0.15) is 11.5 Å². The minimum Gasteiger partial charge on any atom is -0.396 e. The summed E-state index contributed by atoms with van der Waals surface area (Å²) >= 11 is 1.75. The van der Waals surface area contributed by atoms with Crippen LogP contribution < -0.4 is 0 Å². The second-order valence-corrected chi connectivity index (χ2v) is 5.75. The maximum atomic E-state index is 9.29. The van der Waals surface area contributed by atoms with E-state index in [1.54, 1.807) is 11.3 Å². The van der Waals surface area contributed by atoms with Gasteiger partial charge in [0.15, 0.2) is 0 Å². The summed E-state index contributed by atoms with van der Waals surface area (Å²) < 4.78 is 2.33. The van der Waals surface area contributed by atoms with Gasteiger partial charge in [-0.2, -0.15) is 0 Å². The monoisotopic (exact) mass is 262 g/mol. The molecule has 0 unspecified atom stereocenters. The van der Waals surface area contributed by atoms with Gasteiger partial charge in [0, 0.05) is 31.7 Å². The Morgan fingerprint density at radius 2 is 2.33 bits per heavy atom. The molecule has 0 atom stereocenters. The number of aryl methyl sites for hydroxylation is 2. The van der Waals surface area contributed by atoms with Crippen molar-refractivity contribution >= 4 is 11.3 Å². The molecule has 0 saturated heterocycles. The summed E-state index contributed by atoms with van der Waals surface area (Å²) in [5.74, 6) is 1.20. The molecule has 1 aliphatic rings. The van der Waals surface area contributed by atoms with Crippen molar-refractivity contribution in [2.45, 2.75) is 39.2 Å². The van der Waals surface area contributed by atoms with Gasteiger partial charge in [-0.3, -0.25) is 0 Å². The predicted octanol–water partition coefficient (Wildman–Crippen LogP) is 2.79. The summed E-state index contributed by atoms with van der Waals surface area (Å²) in [7, 11) is 0. The van der Waals surface area contributed by atoms with Crippen LogP contribution in [0.25, 0.3) is 10.6 Å². The molecule has 0 fully saturated rings. The van der Waals surface area contributed by atoms with Crippen LogP contribution in [0.5, 0.6) is 0 Å². The molecule has 3 heterocycles. The zero-order chi connectivity index (χ0) is 12.5. The first-order valence-corrected chi connectivity index (χ1v) is 7.43. The average Bonchev–Trinajstić information content (AvgIpc) is 2.94. The number of aliphatic hydroxyl groups is 1. The van der Waals surface area contributed by atoms with E-state index < -0.39 is 0 Å². The molecule has 0 saturated carbocycles. The lowest BCUT2D eigenvalue weighted by Gasteiger charge is -2.16. The van der Waals surface area contributed by atoms with Gasteiger partial charge in [0.25, 0.3) is 0 Å². The largest absolute Gasteiger partial charge is 0.396 e. The van der Waals surface area contributed by atoms with E-state index in [4.69, 9.17) is 4.98 Å². The second kappa shape index (κ2) is 4.86. The van der Waals surface area contributed by atoms with Crippen LogP contribution in [0, 0.1) is 6.92 Å². The number of fused-ring (bicyclic) bond motifs is 1. The number of thiophene rings is 1. The van der Waals surface area contributed by atoms with Crippen LogP contribution in [0.4, 0.5) is 0 Å². The molecule has 3 nitrogen and oxygen atoms in total. The molecule has 1 N–H and O–H groups in total. The summed E-state index contributed by atoms with van der Waals surface area (Å²) in [4.78, 5) is 6.10. The second-order valence-electron chi connectivity index (χ2n) is 4.84. The maximum Gasteiger partial charge on any atom is 0.109 e. The Balaban J connectivity index is 2.13. The fourth-order valence-corrected chi connectivity index (χ4v) is 3.64. The quantitative estimate of drug-likeness (QED) is 0.923. The smallest absolute Gasteiger partial charge is 0.109 e. The van der Waals surface area contributed by atoms with E-state index in [1.165, 1.54) is 34.8 Å². The molecule has 2 aromatic rings. The third-order valence-electron chi connectivity index (χ3n) is 3.61. The van der Waals surface area contributed by atoms with Crippen molar-refractivity contribution in [1.82, 2.24) is 9.55 Å². The van der Waals surface area contributed by atoms with Crippen LogP contribution in [-0.2, 0) is 19.4 Å². The van der Waals surface area contributed by atoms with Crippen LogP contribution >= 0.6 is 11.3 Å². The number of aliphatic hydroxyl groups excluding tert-OH is 1. The maximum absolute atomic E-state index is 9.29. The molecule has 96 valence electrons. The van der Waals surface area contributed by atoms with Crippen molar-refractivity contribution in [2.24, 2.45) is 0 Å². The lowest BCUT2D eigenvalue weighted by atomic mass is 10.1. The topological polar surface area (TPSA) is 38.0 Å². The molecule has 1 aliphatic heterocycles. The first-order valence-electron chi connectivity index (χ1n) is 6.55. The van der Waals surface area contributed by atoms with Crippen LogP contribution in [0.1, 0.15) is 29.9 Å². The van der Waals surface area contributed by atoms with Gasteiger partial charge >= 0.3 is 0 Å². The summed E-state index contributed by atoms with van der Waals surface area (Å²) in [6, 6.07) is 2.14. The van der Waals surface area contributed by atoms with E-state index in [0.717, 1.165) is 18.7 Å². The highest BCUT2D eigenvalue weighted by Crippen LogP contribution is 2.33. The van der Waals surface area contributed by atoms with E-state index in [1.807, 2.05) is 0 Å². The third kappa shape index (κ3) is 1.89. The summed E-state index contributed by atoms with van der Waals surface area (Å²) in [6.45, 7) is 3.39. The van der Waals surface area contributed by atoms with Gasteiger partial charge in [-0.25, -0.2) is 4.98 Å². The van der Waals surface area contributed by atoms with Gasteiger partial charge in [-0.15, -0.1) is 11.3 Å². The van der Waals surface area contributed by atoms with Crippen LogP contribution in [0.2, 0.25) is 0 Å². The fourth-order valence-electron chi connectivity index (χ4n) is 2.70. The van der Waals surface area contributed by atoms with Crippen LogP contribution in [0.15, 0.2) is 11.4 Å². The highest BCUT2D eigenvalue weighted by molar-refractivity contribution is 7.13. The Kier molecular flexibility index (Phi) is 3.22. The number of imidazole rings is 1.